The van der Waals surface area contributed by atoms with Gasteiger partial charge >= 0.3 is 5.97 Å². The van der Waals surface area contributed by atoms with E-state index in [1.807, 2.05) is 0 Å². The minimum Gasteiger partial charge on any atom is -0.465 e. The van der Waals surface area contributed by atoms with Crippen molar-refractivity contribution in [3.05, 3.63) is 29.6 Å². The van der Waals surface area contributed by atoms with Crippen molar-refractivity contribution in [3.63, 3.8) is 0 Å². The van der Waals surface area contributed by atoms with E-state index in [9.17, 15) is 14.0 Å². The first-order valence-electron chi connectivity index (χ1n) is 5.44. The number of hydrogen-bond donors (Lipinski definition) is 2. The molecule has 0 saturated carbocycles. The Hall–Kier alpha value is -1.66. The molecule has 0 fully saturated rings. The highest BCUT2D eigenvalue weighted by Gasteiger charge is 2.15. The van der Waals surface area contributed by atoms with Crippen LogP contribution in [-0.2, 0) is 9.53 Å². The van der Waals surface area contributed by atoms with Crippen molar-refractivity contribution < 1.29 is 18.7 Å². The molecule has 106 valence electrons. The maximum atomic E-state index is 13.5. The smallest absolute Gasteiger partial charge is 0.337 e. The normalized spacial score (nSPS) is 11.2. The Kier molecular flexibility index (Phi) is 7.03. The zero-order chi connectivity index (χ0) is 13.7. The van der Waals surface area contributed by atoms with E-state index in [1.165, 1.54) is 19.2 Å². The summed E-state index contributed by atoms with van der Waals surface area (Å²) in [6.45, 7) is 1.74. The SMILES string of the molecule is CC[C@H](N)C(=O)Nc1cc(C(=O)OC)ccc1F.Cl. The monoisotopic (exact) mass is 290 g/mol. The van der Waals surface area contributed by atoms with E-state index in [4.69, 9.17) is 5.73 Å². The summed E-state index contributed by atoms with van der Waals surface area (Å²) in [7, 11) is 1.22. The highest BCUT2D eigenvalue weighted by molar-refractivity contribution is 5.96. The lowest BCUT2D eigenvalue weighted by Gasteiger charge is -2.11. The third-order valence-electron chi connectivity index (χ3n) is 2.42. The minimum atomic E-state index is -0.716. The number of nitrogens with two attached hydrogens (primary N) is 1. The van der Waals surface area contributed by atoms with Crippen LogP contribution in [0, 0.1) is 5.82 Å². The Morgan fingerprint density at radius 3 is 2.63 bits per heavy atom. The molecule has 0 bridgehead atoms. The van der Waals surface area contributed by atoms with E-state index in [0.717, 1.165) is 6.07 Å². The Labute approximate surface area is 116 Å². The standard InChI is InChI=1S/C12H15FN2O3.ClH/c1-3-9(14)11(16)15-10-6-7(12(17)18-2)4-5-8(10)13;/h4-6,9H,3,14H2,1-2H3,(H,15,16);1H/t9-;/m0./s1. The summed E-state index contributed by atoms with van der Waals surface area (Å²) in [4.78, 5) is 22.8. The van der Waals surface area contributed by atoms with Gasteiger partial charge in [0, 0.05) is 0 Å². The maximum Gasteiger partial charge on any atom is 0.337 e. The van der Waals surface area contributed by atoms with E-state index in [-0.39, 0.29) is 23.7 Å². The van der Waals surface area contributed by atoms with Gasteiger partial charge in [0.2, 0.25) is 5.91 Å². The molecule has 0 aliphatic rings. The summed E-state index contributed by atoms with van der Waals surface area (Å²) >= 11 is 0. The van der Waals surface area contributed by atoms with Crippen LogP contribution in [0.25, 0.3) is 0 Å². The zero-order valence-corrected chi connectivity index (χ0v) is 11.4. The van der Waals surface area contributed by atoms with Gasteiger partial charge < -0.3 is 15.8 Å². The molecular formula is C12H16ClFN2O3. The number of hydrogen-bond acceptors (Lipinski definition) is 4. The van der Waals surface area contributed by atoms with E-state index in [0.29, 0.717) is 6.42 Å². The average Bonchev–Trinajstić information content (AvgIpc) is 2.39. The van der Waals surface area contributed by atoms with Crippen LogP contribution in [0.1, 0.15) is 23.7 Å². The number of benzene rings is 1. The van der Waals surface area contributed by atoms with Gasteiger partial charge in [-0.05, 0) is 24.6 Å². The summed E-state index contributed by atoms with van der Waals surface area (Å²) in [6, 6.07) is 2.85. The second kappa shape index (κ2) is 7.70. The van der Waals surface area contributed by atoms with Gasteiger partial charge in [-0.3, -0.25) is 4.79 Å². The predicted octanol–water partition coefficient (Wildman–Crippen LogP) is 1.71. The van der Waals surface area contributed by atoms with Gasteiger partial charge in [-0.2, -0.15) is 0 Å². The number of methoxy groups -OCH3 is 1. The molecule has 0 saturated heterocycles. The van der Waals surface area contributed by atoms with Crippen molar-refractivity contribution in [3.8, 4) is 0 Å². The molecule has 19 heavy (non-hydrogen) atoms. The first-order chi connectivity index (χ1) is 8.49. The second-order valence-corrected chi connectivity index (χ2v) is 3.69. The van der Waals surface area contributed by atoms with Crippen molar-refractivity contribution in [2.75, 3.05) is 12.4 Å². The molecule has 7 heteroatoms. The van der Waals surface area contributed by atoms with Crippen molar-refractivity contribution in [2.45, 2.75) is 19.4 Å². The summed E-state index contributed by atoms with van der Waals surface area (Å²) in [6.07, 6.45) is 0.435. The lowest BCUT2D eigenvalue weighted by atomic mass is 10.1. The van der Waals surface area contributed by atoms with Crippen molar-refractivity contribution >= 4 is 30.0 Å². The first-order valence-corrected chi connectivity index (χ1v) is 5.44. The third kappa shape index (κ3) is 4.50. The zero-order valence-electron chi connectivity index (χ0n) is 10.6. The number of halogens is 2. The molecule has 3 N–H and O–H groups in total. The number of anilines is 1. The molecular weight excluding hydrogens is 275 g/mol. The molecule has 0 radical (unpaired) electrons. The van der Waals surface area contributed by atoms with E-state index in [1.54, 1.807) is 6.92 Å². The highest BCUT2D eigenvalue weighted by atomic mass is 35.5. The molecule has 0 aliphatic carbocycles. The Morgan fingerprint density at radius 1 is 1.47 bits per heavy atom. The van der Waals surface area contributed by atoms with Gasteiger partial charge in [0.25, 0.3) is 0 Å². The van der Waals surface area contributed by atoms with Crippen LogP contribution >= 0.6 is 12.4 Å². The lowest BCUT2D eigenvalue weighted by molar-refractivity contribution is -0.117. The van der Waals surface area contributed by atoms with E-state index < -0.39 is 23.7 Å². The minimum absolute atomic E-state index is 0. The molecule has 1 atom stereocenters. The van der Waals surface area contributed by atoms with Gasteiger partial charge in [-0.25, -0.2) is 9.18 Å². The average molecular weight is 291 g/mol. The molecule has 0 unspecified atom stereocenters. The lowest BCUT2D eigenvalue weighted by Crippen LogP contribution is -2.35. The Bertz CT molecular complexity index is 468. The molecule has 0 aliphatic heterocycles. The number of ether oxygens (including phenoxy) is 1. The molecule has 1 aromatic carbocycles. The highest BCUT2D eigenvalue weighted by Crippen LogP contribution is 2.17. The quantitative estimate of drug-likeness (QED) is 0.827. The Balaban J connectivity index is 0.00000324. The van der Waals surface area contributed by atoms with Crippen LogP contribution in [0.5, 0.6) is 0 Å². The fraction of sp³-hybridized carbons (Fsp3) is 0.333. The van der Waals surface area contributed by atoms with Crippen molar-refractivity contribution in [1.29, 1.82) is 0 Å². The van der Waals surface area contributed by atoms with Crippen LogP contribution in [-0.4, -0.2) is 25.0 Å². The number of esters is 1. The third-order valence-corrected chi connectivity index (χ3v) is 2.42. The van der Waals surface area contributed by atoms with Crippen LogP contribution in [0.15, 0.2) is 18.2 Å². The Morgan fingerprint density at radius 2 is 2.11 bits per heavy atom. The molecule has 1 aromatic rings. The fourth-order valence-corrected chi connectivity index (χ4v) is 1.28. The van der Waals surface area contributed by atoms with Gasteiger partial charge in [-0.1, -0.05) is 6.92 Å². The summed E-state index contributed by atoms with van der Waals surface area (Å²) < 4.78 is 18.0. The molecule has 0 aromatic heterocycles. The summed E-state index contributed by atoms with van der Waals surface area (Å²) in [5, 5.41) is 2.33. The van der Waals surface area contributed by atoms with Gasteiger partial charge in [0.15, 0.2) is 0 Å². The van der Waals surface area contributed by atoms with Gasteiger partial charge in [0.1, 0.15) is 5.82 Å². The number of amides is 1. The van der Waals surface area contributed by atoms with E-state index in [2.05, 4.69) is 10.1 Å². The first kappa shape index (κ1) is 17.3. The van der Waals surface area contributed by atoms with Gasteiger partial charge in [-0.15, -0.1) is 12.4 Å². The fourth-order valence-electron chi connectivity index (χ4n) is 1.28. The van der Waals surface area contributed by atoms with Crippen LogP contribution < -0.4 is 11.1 Å². The number of rotatable bonds is 4. The number of nitrogens with one attached hydrogen (secondary N) is 1. The van der Waals surface area contributed by atoms with Crippen molar-refractivity contribution in [1.82, 2.24) is 0 Å². The summed E-state index contributed by atoms with van der Waals surface area (Å²) in [5.74, 6) is -1.75. The molecule has 1 rings (SSSR count). The van der Waals surface area contributed by atoms with Crippen LogP contribution in [0.2, 0.25) is 0 Å². The van der Waals surface area contributed by atoms with Crippen molar-refractivity contribution in [2.24, 2.45) is 5.73 Å². The summed E-state index contributed by atoms with van der Waals surface area (Å²) in [5.41, 5.74) is 5.57. The molecule has 5 nitrogen and oxygen atoms in total. The molecule has 1 amide bonds. The predicted molar refractivity (Wildman–Crippen MR) is 71.9 cm³/mol. The molecule has 0 spiro atoms. The van der Waals surface area contributed by atoms with Crippen LogP contribution in [0.4, 0.5) is 10.1 Å². The molecule has 0 heterocycles. The number of carbonyl (C=O) groups excluding carboxylic acids is 2. The maximum absolute atomic E-state index is 13.5. The largest absolute Gasteiger partial charge is 0.465 e. The van der Waals surface area contributed by atoms with Crippen LogP contribution in [0.3, 0.4) is 0 Å². The van der Waals surface area contributed by atoms with E-state index >= 15 is 0 Å². The van der Waals surface area contributed by atoms with Gasteiger partial charge in [0.05, 0.1) is 24.4 Å². The number of carbonyl (C=O) groups is 2. The second-order valence-electron chi connectivity index (χ2n) is 3.69. The topological polar surface area (TPSA) is 81.4 Å².